The van der Waals surface area contributed by atoms with Crippen LogP contribution < -0.4 is 0 Å². The van der Waals surface area contributed by atoms with Crippen LogP contribution in [0.2, 0.25) is 0 Å². The lowest BCUT2D eigenvalue weighted by Crippen LogP contribution is -2.28. The van der Waals surface area contributed by atoms with Crippen molar-refractivity contribution >= 4 is 5.91 Å². The second kappa shape index (κ2) is 6.94. The third-order valence-corrected chi connectivity index (χ3v) is 4.69. The Morgan fingerprint density at radius 3 is 2.70 bits per heavy atom. The molecule has 1 aromatic carbocycles. The van der Waals surface area contributed by atoms with Crippen molar-refractivity contribution in [3.8, 4) is 11.4 Å². The summed E-state index contributed by atoms with van der Waals surface area (Å²) in [5, 5.41) is 12.1. The van der Waals surface area contributed by atoms with Crippen LogP contribution in [0.5, 0.6) is 0 Å². The molecule has 8 nitrogen and oxygen atoms in total. The second-order valence-corrected chi connectivity index (χ2v) is 7.22. The molecule has 0 radical (unpaired) electrons. The first-order chi connectivity index (χ1) is 13.0. The summed E-state index contributed by atoms with van der Waals surface area (Å²) in [5.74, 6) is 2.38. The molecule has 1 saturated carbocycles. The van der Waals surface area contributed by atoms with E-state index in [2.05, 4.69) is 34.2 Å². The van der Waals surface area contributed by atoms with Crippen molar-refractivity contribution in [1.29, 1.82) is 0 Å². The number of rotatable bonds is 6. The average molecular weight is 366 g/mol. The summed E-state index contributed by atoms with van der Waals surface area (Å²) >= 11 is 0. The van der Waals surface area contributed by atoms with Gasteiger partial charge in [-0.05, 0) is 38.8 Å². The van der Waals surface area contributed by atoms with Gasteiger partial charge in [-0.2, -0.15) is 4.98 Å². The van der Waals surface area contributed by atoms with E-state index in [9.17, 15) is 4.79 Å². The van der Waals surface area contributed by atoms with Crippen LogP contribution in [-0.2, 0) is 6.54 Å². The Morgan fingerprint density at radius 1 is 1.30 bits per heavy atom. The zero-order valence-electron chi connectivity index (χ0n) is 15.7. The summed E-state index contributed by atoms with van der Waals surface area (Å²) in [6.45, 7) is 4.51. The Kier molecular flexibility index (Phi) is 4.47. The van der Waals surface area contributed by atoms with Crippen molar-refractivity contribution in [2.45, 2.75) is 45.2 Å². The molecule has 2 aromatic heterocycles. The second-order valence-electron chi connectivity index (χ2n) is 7.22. The molecule has 1 amide bonds. The molecule has 3 aromatic rings. The van der Waals surface area contributed by atoms with Crippen molar-refractivity contribution in [2.75, 3.05) is 7.05 Å². The van der Waals surface area contributed by atoms with E-state index in [1.54, 1.807) is 30.4 Å². The summed E-state index contributed by atoms with van der Waals surface area (Å²) in [6.07, 6.45) is 3.92. The number of amides is 1. The highest BCUT2D eigenvalue weighted by molar-refractivity contribution is 5.94. The van der Waals surface area contributed by atoms with E-state index in [1.807, 2.05) is 16.7 Å². The van der Waals surface area contributed by atoms with Gasteiger partial charge < -0.3 is 14.0 Å². The lowest BCUT2D eigenvalue weighted by molar-refractivity contribution is 0.0779. The number of benzene rings is 1. The van der Waals surface area contributed by atoms with Crippen molar-refractivity contribution in [1.82, 2.24) is 29.8 Å². The van der Waals surface area contributed by atoms with Crippen molar-refractivity contribution in [3.63, 3.8) is 0 Å². The van der Waals surface area contributed by atoms with Crippen LogP contribution in [0.1, 0.15) is 60.7 Å². The summed E-state index contributed by atoms with van der Waals surface area (Å²) in [6, 6.07) is 7.51. The first-order valence-electron chi connectivity index (χ1n) is 9.11. The van der Waals surface area contributed by atoms with Gasteiger partial charge in [-0.1, -0.05) is 17.3 Å². The lowest BCUT2D eigenvalue weighted by Gasteiger charge is -2.18. The minimum Gasteiger partial charge on any atom is -0.339 e. The third-order valence-electron chi connectivity index (χ3n) is 4.69. The van der Waals surface area contributed by atoms with Gasteiger partial charge in [0, 0.05) is 30.1 Å². The largest absolute Gasteiger partial charge is 0.339 e. The van der Waals surface area contributed by atoms with E-state index in [1.165, 1.54) is 0 Å². The molecule has 140 valence electrons. The summed E-state index contributed by atoms with van der Waals surface area (Å²) in [4.78, 5) is 18.8. The fourth-order valence-electron chi connectivity index (χ4n) is 2.93. The van der Waals surface area contributed by atoms with Crippen molar-refractivity contribution < 1.29 is 9.32 Å². The van der Waals surface area contributed by atoms with Crippen molar-refractivity contribution in [2.24, 2.45) is 0 Å². The molecule has 0 atom stereocenters. The molecule has 8 heteroatoms. The van der Waals surface area contributed by atoms with Crippen LogP contribution in [0, 0.1) is 0 Å². The van der Waals surface area contributed by atoms with E-state index in [0.717, 1.165) is 24.2 Å². The fourth-order valence-corrected chi connectivity index (χ4v) is 2.93. The van der Waals surface area contributed by atoms with E-state index in [0.29, 0.717) is 29.7 Å². The highest BCUT2D eigenvalue weighted by Gasteiger charge is 2.29. The molecule has 4 rings (SSSR count). The highest BCUT2D eigenvalue weighted by Crippen LogP contribution is 2.39. The molecule has 0 aliphatic heterocycles. The number of carbonyl (C=O) groups is 1. The van der Waals surface area contributed by atoms with Gasteiger partial charge in [-0.3, -0.25) is 4.79 Å². The molecule has 1 aliphatic carbocycles. The SMILES string of the molecule is CC(C)n1cnnc1CN(C)C(=O)c1ccc(-c2noc(C3CC3)n2)cc1. The number of hydrogen-bond acceptors (Lipinski definition) is 6. The maximum Gasteiger partial charge on any atom is 0.254 e. The van der Waals surface area contributed by atoms with Crippen LogP contribution >= 0.6 is 0 Å². The topological polar surface area (TPSA) is 89.9 Å². The molecule has 1 aliphatic rings. The van der Waals surface area contributed by atoms with Crippen LogP contribution in [0.25, 0.3) is 11.4 Å². The summed E-state index contributed by atoms with van der Waals surface area (Å²) in [7, 11) is 1.76. The molecule has 0 N–H and O–H groups in total. The first kappa shape index (κ1) is 17.4. The van der Waals surface area contributed by atoms with Crippen molar-refractivity contribution in [3.05, 3.63) is 47.9 Å². The summed E-state index contributed by atoms with van der Waals surface area (Å²) < 4.78 is 7.26. The zero-order chi connectivity index (χ0) is 19.0. The van der Waals surface area contributed by atoms with E-state index < -0.39 is 0 Å². The molecule has 0 saturated heterocycles. The van der Waals surface area contributed by atoms with Crippen LogP contribution in [-0.4, -0.2) is 42.8 Å². The van der Waals surface area contributed by atoms with Gasteiger partial charge in [0.2, 0.25) is 11.7 Å². The van der Waals surface area contributed by atoms with Gasteiger partial charge in [0.25, 0.3) is 5.91 Å². The van der Waals surface area contributed by atoms with Crippen LogP contribution in [0.3, 0.4) is 0 Å². The smallest absolute Gasteiger partial charge is 0.254 e. The highest BCUT2D eigenvalue weighted by atomic mass is 16.5. The Balaban J connectivity index is 1.45. The predicted molar refractivity (Wildman–Crippen MR) is 97.9 cm³/mol. The van der Waals surface area contributed by atoms with Gasteiger partial charge >= 0.3 is 0 Å². The van der Waals surface area contributed by atoms with Crippen LogP contribution in [0.15, 0.2) is 35.1 Å². The minimum absolute atomic E-state index is 0.0772. The van der Waals surface area contributed by atoms with E-state index in [-0.39, 0.29) is 11.9 Å². The molecule has 0 bridgehead atoms. The van der Waals surface area contributed by atoms with Crippen LogP contribution in [0.4, 0.5) is 0 Å². The molecule has 0 spiro atoms. The fraction of sp³-hybridized carbons (Fsp3) is 0.421. The van der Waals surface area contributed by atoms with Gasteiger partial charge in [-0.15, -0.1) is 10.2 Å². The van der Waals surface area contributed by atoms with Gasteiger partial charge in [0.1, 0.15) is 6.33 Å². The number of aromatic nitrogens is 5. The van der Waals surface area contributed by atoms with E-state index in [4.69, 9.17) is 4.52 Å². The first-order valence-corrected chi connectivity index (χ1v) is 9.11. The number of carbonyl (C=O) groups excluding carboxylic acids is 1. The van der Waals surface area contributed by atoms with Gasteiger partial charge in [0.05, 0.1) is 6.54 Å². The Bertz CT molecular complexity index is 939. The van der Waals surface area contributed by atoms with Gasteiger partial charge in [-0.25, -0.2) is 0 Å². The maximum absolute atomic E-state index is 12.7. The number of hydrogen-bond donors (Lipinski definition) is 0. The lowest BCUT2D eigenvalue weighted by atomic mass is 10.1. The minimum atomic E-state index is -0.0772. The Morgan fingerprint density at radius 2 is 2.04 bits per heavy atom. The molecule has 1 fully saturated rings. The normalized spacial score (nSPS) is 13.9. The quantitative estimate of drug-likeness (QED) is 0.666. The molecular weight excluding hydrogens is 344 g/mol. The van der Waals surface area contributed by atoms with Gasteiger partial charge in [0.15, 0.2) is 5.82 Å². The Labute approximate surface area is 157 Å². The summed E-state index contributed by atoms with van der Waals surface area (Å²) in [5.41, 5.74) is 1.44. The average Bonchev–Trinajstić information content (AvgIpc) is 3.21. The monoisotopic (exact) mass is 366 g/mol. The molecular formula is C19H22N6O2. The standard InChI is InChI=1S/C19H22N6O2/c1-12(2)25-11-20-22-16(25)10-24(3)19(26)15-8-4-13(5-9-15)17-21-18(27-23-17)14-6-7-14/h4-5,8-9,11-12,14H,6-7,10H2,1-3H3. The maximum atomic E-state index is 12.7. The number of nitrogens with zero attached hydrogens (tertiary/aromatic N) is 6. The predicted octanol–water partition coefficient (Wildman–Crippen LogP) is 3.06. The molecule has 27 heavy (non-hydrogen) atoms. The Hall–Kier alpha value is -3.03. The molecule has 2 heterocycles. The zero-order valence-corrected chi connectivity index (χ0v) is 15.7. The van der Waals surface area contributed by atoms with E-state index >= 15 is 0 Å². The third kappa shape index (κ3) is 3.60. The molecule has 0 unspecified atom stereocenters.